The number of methoxy groups -OCH3 is 1. The van der Waals surface area contributed by atoms with Gasteiger partial charge >= 0.3 is 11.8 Å². The molecule has 0 fully saturated rings. The molecule has 0 saturated carbocycles. The SMILES string of the molecule is COc1ccc(C)cc1NC(=O)C(=O)NCCc1sc(-c2ccc(F)cc2)nc1C. The molecule has 6 nitrogen and oxygen atoms in total. The number of benzene rings is 2. The Morgan fingerprint density at radius 2 is 1.83 bits per heavy atom. The van der Waals surface area contributed by atoms with Crippen LogP contribution in [0.15, 0.2) is 42.5 Å². The number of carbonyl (C=O) groups is 2. The normalized spacial score (nSPS) is 10.5. The first-order chi connectivity index (χ1) is 14.4. The first-order valence-corrected chi connectivity index (χ1v) is 10.1. The Bertz CT molecular complexity index is 1060. The van der Waals surface area contributed by atoms with Crippen molar-refractivity contribution < 1.29 is 18.7 Å². The molecule has 2 N–H and O–H groups in total. The van der Waals surface area contributed by atoms with E-state index in [4.69, 9.17) is 4.74 Å². The van der Waals surface area contributed by atoms with Crippen LogP contribution in [0, 0.1) is 19.7 Å². The summed E-state index contributed by atoms with van der Waals surface area (Å²) in [6.07, 6.45) is 0.539. The Morgan fingerprint density at radius 3 is 2.53 bits per heavy atom. The molecule has 1 aromatic heterocycles. The van der Waals surface area contributed by atoms with Crippen LogP contribution in [0.25, 0.3) is 10.6 Å². The quantitative estimate of drug-likeness (QED) is 0.585. The third-order valence-corrected chi connectivity index (χ3v) is 5.70. The van der Waals surface area contributed by atoms with E-state index in [1.165, 1.54) is 30.6 Å². The van der Waals surface area contributed by atoms with E-state index in [1.54, 1.807) is 24.3 Å². The zero-order valence-electron chi connectivity index (χ0n) is 16.9. The summed E-state index contributed by atoms with van der Waals surface area (Å²) in [6, 6.07) is 11.5. The number of aryl methyl sites for hydroxylation is 2. The van der Waals surface area contributed by atoms with Crippen LogP contribution in [0.1, 0.15) is 16.1 Å². The average molecular weight is 428 g/mol. The predicted octanol–water partition coefficient (Wildman–Crippen LogP) is 3.87. The van der Waals surface area contributed by atoms with Gasteiger partial charge in [0.1, 0.15) is 16.6 Å². The molecule has 0 unspecified atom stereocenters. The minimum Gasteiger partial charge on any atom is -0.495 e. The smallest absolute Gasteiger partial charge is 0.313 e. The molecule has 0 bridgehead atoms. The fraction of sp³-hybridized carbons (Fsp3) is 0.227. The summed E-state index contributed by atoms with van der Waals surface area (Å²) in [6.45, 7) is 4.06. The highest BCUT2D eigenvalue weighted by Gasteiger charge is 2.16. The molecule has 0 saturated heterocycles. The van der Waals surface area contributed by atoms with E-state index in [0.29, 0.717) is 24.4 Å². The average Bonchev–Trinajstić information content (AvgIpc) is 3.09. The van der Waals surface area contributed by atoms with Gasteiger partial charge in [-0.15, -0.1) is 11.3 Å². The third kappa shape index (κ3) is 5.21. The summed E-state index contributed by atoms with van der Waals surface area (Å²) in [5, 5.41) is 5.99. The van der Waals surface area contributed by atoms with Crippen LogP contribution >= 0.6 is 11.3 Å². The maximum atomic E-state index is 13.1. The summed E-state index contributed by atoms with van der Waals surface area (Å²) >= 11 is 1.49. The van der Waals surface area contributed by atoms with E-state index in [-0.39, 0.29) is 5.82 Å². The summed E-state index contributed by atoms with van der Waals surface area (Å²) in [5.41, 5.74) is 3.07. The highest BCUT2D eigenvalue weighted by atomic mass is 32.1. The van der Waals surface area contributed by atoms with E-state index in [9.17, 15) is 14.0 Å². The summed E-state index contributed by atoms with van der Waals surface area (Å²) in [7, 11) is 1.50. The van der Waals surface area contributed by atoms with Gasteiger partial charge in [-0.2, -0.15) is 0 Å². The van der Waals surface area contributed by atoms with E-state index in [2.05, 4.69) is 15.6 Å². The monoisotopic (exact) mass is 427 g/mol. The van der Waals surface area contributed by atoms with Crippen molar-refractivity contribution in [3.8, 4) is 16.3 Å². The summed E-state index contributed by atoms with van der Waals surface area (Å²) in [4.78, 5) is 29.9. The lowest BCUT2D eigenvalue weighted by atomic mass is 10.2. The molecule has 3 aromatic rings. The van der Waals surface area contributed by atoms with Crippen LogP contribution in [0.3, 0.4) is 0 Å². The number of nitrogens with one attached hydrogen (secondary N) is 2. The maximum absolute atomic E-state index is 13.1. The highest BCUT2D eigenvalue weighted by Crippen LogP contribution is 2.28. The van der Waals surface area contributed by atoms with Gasteiger partial charge in [-0.1, -0.05) is 6.07 Å². The number of carbonyl (C=O) groups excluding carboxylic acids is 2. The molecule has 8 heteroatoms. The van der Waals surface area contributed by atoms with Crippen molar-refractivity contribution in [2.45, 2.75) is 20.3 Å². The highest BCUT2D eigenvalue weighted by molar-refractivity contribution is 7.15. The van der Waals surface area contributed by atoms with E-state index < -0.39 is 11.8 Å². The van der Waals surface area contributed by atoms with Crippen molar-refractivity contribution in [2.75, 3.05) is 19.0 Å². The number of anilines is 1. The van der Waals surface area contributed by atoms with Crippen molar-refractivity contribution in [1.29, 1.82) is 0 Å². The number of amides is 2. The first kappa shape index (κ1) is 21.4. The van der Waals surface area contributed by atoms with Gasteiger partial charge in [0.05, 0.1) is 18.5 Å². The van der Waals surface area contributed by atoms with Gasteiger partial charge in [0.2, 0.25) is 0 Å². The molecule has 0 spiro atoms. The van der Waals surface area contributed by atoms with Crippen LogP contribution in [0.2, 0.25) is 0 Å². The molecule has 0 radical (unpaired) electrons. The van der Waals surface area contributed by atoms with Crippen LogP contribution < -0.4 is 15.4 Å². The number of hydrogen-bond acceptors (Lipinski definition) is 5. The number of halogens is 1. The first-order valence-electron chi connectivity index (χ1n) is 9.33. The number of aromatic nitrogens is 1. The van der Waals surface area contributed by atoms with E-state index in [0.717, 1.165) is 26.7 Å². The third-order valence-electron chi connectivity index (χ3n) is 4.43. The lowest BCUT2D eigenvalue weighted by Gasteiger charge is -2.11. The zero-order valence-corrected chi connectivity index (χ0v) is 17.7. The Kier molecular flexibility index (Phi) is 6.79. The summed E-state index contributed by atoms with van der Waals surface area (Å²) in [5.74, 6) is -1.29. The topological polar surface area (TPSA) is 80.3 Å². The zero-order chi connectivity index (χ0) is 21.7. The van der Waals surface area contributed by atoms with Crippen molar-refractivity contribution in [3.63, 3.8) is 0 Å². The van der Waals surface area contributed by atoms with Crippen LogP contribution in [-0.4, -0.2) is 30.5 Å². The standard InChI is InChI=1S/C22H22FN3O3S/c1-13-4-9-18(29-3)17(12-13)26-21(28)20(27)24-11-10-19-14(2)25-22(30-19)15-5-7-16(23)8-6-15/h4-9,12H,10-11H2,1-3H3,(H,24,27)(H,26,28). The Balaban J connectivity index is 1.56. The number of hydrogen-bond donors (Lipinski definition) is 2. The Labute approximate surface area is 178 Å². The molecule has 1 heterocycles. The molecule has 0 aliphatic rings. The molecular weight excluding hydrogens is 405 g/mol. The number of nitrogens with zero attached hydrogens (tertiary/aromatic N) is 1. The molecule has 3 rings (SSSR count). The molecule has 2 amide bonds. The Morgan fingerprint density at radius 1 is 1.10 bits per heavy atom. The molecule has 30 heavy (non-hydrogen) atoms. The van der Waals surface area contributed by atoms with Gasteiger partial charge in [-0.25, -0.2) is 9.37 Å². The van der Waals surface area contributed by atoms with Gasteiger partial charge in [0.15, 0.2) is 0 Å². The van der Waals surface area contributed by atoms with E-state index in [1.807, 2.05) is 19.9 Å². The van der Waals surface area contributed by atoms with Gasteiger partial charge in [0, 0.05) is 23.4 Å². The molecule has 0 aliphatic carbocycles. The molecule has 0 aliphatic heterocycles. The second kappa shape index (κ2) is 9.49. The van der Waals surface area contributed by atoms with Gasteiger partial charge in [-0.05, 0) is 55.8 Å². The molecule has 0 atom stereocenters. The second-order valence-electron chi connectivity index (χ2n) is 6.70. The van der Waals surface area contributed by atoms with Crippen molar-refractivity contribution in [3.05, 3.63) is 64.4 Å². The van der Waals surface area contributed by atoms with Crippen LogP contribution in [-0.2, 0) is 16.0 Å². The molecule has 156 valence electrons. The van der Waals surface area contributed by atoms with Crippen LogP contribution in [0.5, 0.6) is 5.75 Å². The lowest BCUT2D eigenvalue weighted by Crippen LogP contribution is -2.36. The maximum Gasteiger partial charge on any atom is 0.313 e. The minimum atomic E-state index is -0.757. The largest absolute Gasteiger partial charge is 0.495 e. The fourth-order valence-corrected chi connectivity index (χ4v) is 3.91. The summed E-state index contributed by atoms with van der Waals surface area (Å²) < 4.78 is 18.3. The predicted molar refractivity (Wildman–Crippen MR) is 115 cm³/mol. The molecule has 2 aromatic carbocycles. The number of rotatable bonds is 6. The van der Waals surface area contributed by atoms with Crippen molar-refractivity contribution in [1.82, 2.24) is 10.3 Å². The fourth-order valence-electron chi connectivity index (χ4n) is 2.84. The van der Waals surface area contributed by atoms with E-state index >= 15 is 0 Å². The van der Waals surface area contributed by atoms with Crippen molar-refractivity contribution in [2.24, 2.45) is 0 Å². The Hall–Kier alpha value is -3.26. The van der Waals surface area contributed by atoms with Crippen LogP contribution in [0.4, 0.5) is 10.1 Å². The van der Waals surface area contributed by atoms with Gasteiger partial charge in [-0.3, -0.25) is 9.59 Å². The van der Waals surface area contributed by atoms with Crippen molar-refractivity contribution >= 4 is 28.8 Å². The minimum absolute atomic E-state index is 0.295. The number of ether oxygens (including phenoxy) is 1. The second-order valence-corrected chi connectivity index (χ2v) is 7.78. The lowest BCUT2D eigenvalue weighted by molar-refractivity contribution is -0.136. The number of thiazole rings is 1. The van der Waals surface area contributed by atoms with Gasteiger partial charge in [0.25, 0.3) is 0 Å². The van der Waals surface area contributed by atoms with Gasteiger partial charge < -0.3 is 15.4 Å². The molecular formula is C22H22FN3O3S.